The van der Waals surface area contributed by atoms with E-state index < -0.39 is 0 Å². The predicted molar refractivity (Wildman–Crippen MR) is 65.0 cm³/mol. The van der Waals surface area contributed by atoms with Crippen molar-refractivity contribution < 1.29 is 4.74 Å². The molecule has 1 rings (SSSR count). The van der Waals surface area contributed by atoms with E-state index >= 15 is 0 Å². The summed E-state index contributed by atoms with van der Waals surface area (Å²) >= 11 is 5.97. The van der Waals surface area contributed by atoms with E-state index in [9.17, 15) is 0 Å². The summed E-state index contributed by atoms with van der Waals surface area (Å²) in [6.45, 7) is 1.60. The first-order valence-corrected chi connectivity index (χ1v) is 5.25. The van der Waals surface area contributed by atoms with Crippen LogP contribution in [0, 0.1) is 0 Å². The molecule has 0 atom stereocenters. The molecule has 0 aliphatic rings. The first-order chi connectivity index (χ1) is 7.20. The van der Waals surface area contributed by atoms with Crippen molar-refractivity contribution in [3.63, 3.8) is 0 Å². The van der Waals surface area contributed by atoms with Crippen LogP contribution in [0.3, 0.4) is 0 Å². The molecule has 0 N–H and O–H groups in total. The van der Waals surface area contributed by atoms with Gasteiger partial charge in [0.05, 0.1) is 12.9 Å². The summed E-state index contributed by atoms with van der Waals surface area (Å²) in [5.74, 6) is 0. The molecule has 1 aromatic carbocycles. The maximum absolute atomic E-state index is 5.97. The SMILES string of the molecule is CN(C)CCO/C=C/c1ccccc1Cl. The van der Waals surface area contributed by atoms with E-state index in [1.807, 2.05) is 44.4 Å². The maximum Gasteiger partial charge on any atom is 0.0999 e. The van der Waals surface area contributed by atoms with Crippen molar-refractivity contribution in [2.45, 2.75) is 0 Å². The van der Waals surface area contributed by atoms with Crippen molar-refractivity contribution in [2.75, 3.05) is 27.2 Å². The minimum absolute atomic E-state index is 0.688. The van der Waals surface area contributed by atoms with Crippen LogP contribution < -0.4 is 0 Å². The number of hydrogen-bond donors (Lipinski definition) is 0. The minimum atomic E-state index is 0.688. The second-order valence-corrected chi connectivity index (χ2v) is 3.91. The number of likely N-dealkylation sites (N-methyl/N-ethyl adjacent to an activating group) is 1. The molecule has 1 aromatic rings. The zero-order chi connectivity index (χ0) is 11.1. The maximum atomic E-state index is 5.97. The van der Waals surface area contributed by atoms with Gasteiger partial charge >= 0.3 is 0 Å². The summed E-state index contributed by atoms with van der Waals surface area (Å²) in [7, 11) is 4.03. The predicted octanol–water partition coefficient (Wildman–Crippen LogP) is 2.89. The molecular formula is C12H16ClNO. The Hall–Kier alpha value is -0.990. The van der Waals surface area contributed by atoms with Crippen LogP contribution in [0.1, 0.15) is 5.56 Å². The summed E-state index contributed by atoms with van der Waals surface area (Å²) in [5.41, 5.74) is 0.976. The van der Waals surface area contributed by atoms with Crippen LogP contribution in [-0.2, 0) is 4.74 Å². The summed E-state index contributed by atoms with van der Waals surface area (Å²) in [5, 5.41) is 0.741. The molecule has 0 radical (unpaired) electrons. The quantitative estimate of drug-likeness (QED) is 0.565. The third-order valence-corrected chi connectivity index (χ3v) is 2.25. The molecule has 82 valence electrons. The normalized spacial score (nSPS) is 11.2. The molecule has 0 bridgehead atoms. The highest BCUT2D eigenvalue weighted by Crippen LogP contribution is 2.15. The number of halogens is 1. The van der Waals surface area contributed by atoms with Gasteiger partial charge in [-0.2, -0.15) is 0 Å². The van der Waals surface area contributed by atoms with Gasteiger partial charge in [0.15, 0.2) is 0 Å². The Kier molecular flexibility index (Phi) is 5.22. The fourth-order valence-corrected chi connectivity index (χ4v) is 1.23. The van der Waals surface area contributed by atoms with E-state index in [4.69, 9.17) is 16.3 Å². The molecule has 0 aromatic heterocycles. The molecule has 3 heteroatoms. The molecular weight excluding hydrogens is 210 g/mol. The van der Waals surface area contributed by atoms with Gasteiger partial charge in [-0.1, -0.05) is 29.8 Å². The van der Waals surface area contributed by atoms with E-state index in [1.54, 1.807) is 6.26 Å². The molecule has 0 fully saturated rings. The average Bonchev–Trinajstić information content (AvgIpc) is 2.20. The standard InChI is InChI=1S/C12H16ClNO/c1-14(2)8-10-15-9-7-11-5-3-4-6-12(11)13/h3-7,9H,8,10H2,1-2H3/b9-7+. The van der Waals surface area contributed by atoms with Crippen molar-refractivity contribution in [1.29, 1.82) is 0 Å². The smallest absolute Gasteiger partial charge is 0.0999 e. The van der Waals surface area contributed by atoms with Crippen molar-refractivity contribution in [3.05, 3.63) is 41.1 Å². The van der Waals surface area contributed by atoms with Crippen molar-refractivity contribution in [2.24, 2.45) is 0 Å². The summed E-state index contributed by atoms with van der Waals surface area (Å²) < 4.78 is 5.32. The van der Waals surface area contributed by atoms with E-state index in [0.717, 1.165) is 17.1 Å². The Balaban J connectivity index is 2.35. The third kappa shape index (κ3) is 4.86. The van der Waals surface area contributed by atoms with Crippen LogP contribution in [0.25, 0.3) is 6.08 Å². The fraction of sp³-hybridized carbons (Fsp3) is 0.333. The zero-order valence-corrected chi connectivity index (χ0v) is 9.87. The summed E-state index contributed by atoms with van der Waals surface area (Å²) in [4.78, 5) is 2.07. The molecule has 0 unspecified atom stereocenters. The number of hydrogen-bond acceptors (Lipinski definition) is 2. The van der Waals surface area contributed by atoms with Crippen LogP contribution in [0.2, 0.25) is 5.02 Å². The first kappa shape index (κ1) is 12.1. The Morgan fingerprint density at radius 1 is 1.33 bits per heavy atom. The Bertz CT molecular complexity index is 323. The molecule has 0 aliphatic heterocycles. The number of benzene rings is 1. The molecule has 0 aliphatic carbocycles. The van der Waals surface area contributed by atoms with Crippen molar-refractivity contribution in [3.8, 4) is 0 Å². The Morgan fingerprint density at radius 3 is 2.73 bits per heavy atom. The van der Waals surface area contributed by atoms with Gasteiger partial charge in [0.2, 0.25) is 0 Å². The summed E-state index contributed by atoms with van der Waals surface area (Å²) in [6.07, 6.45) is 3.56. The zero-order valence-electron chi connectivity index (χ0n) is 9.11. The number of ether oxygens (including phenoxy) is 1. The van der Waals surface area contributed by atoms with Gasteiger partial charge in [0.25, 0.3) is 0 Å². The van der Waals surface area contributed by atoms with Crippen LogP contribution in [0.4, 0.5) is 0 Å². The van der Waals surface area contributed by atoms with Crippen molar-refractivity contribution in [1.82, 2.24) is 4.90 Å². The molecule has 15 heavy (non-hydrogen) atoms. The molecule has 0 heterocycles. The van der Waals surface area contributed by atoms with E-state index in [0.29, 0.717) is 6.61 Å². The van der Waals surface area contributed by atoms with Crippen LogP contribution in [0.5, 0.6) is 0 Å². The highest BCUT2D eigenvalue weighted by atomic mass is 35.5. The van der Waals surface area contributed by atoms with Gasteiger partial charge in [0, 0.05) is 11.6 Å². The fourth-order valence-electron chi connectivity index (χ4n) is 1.03. The van der Waals surface area contributed by atoms with Gasteiger partial charge in [-0.25, -0.2) is 0 Å². The van der Waals surface area contributed by atoms with Gasteiger partial charge in [-0.3, -0.25) is 0 Å². The largest absolute Gasteiger partial charge is 0.500 e. The average molecular weight is 226 g/mol. The highest BCUT2D eigenvalue weighted by Gasteiger charge is 1.93. The molecule has 2 nitrogen and oxygen atoms in total. The van der Waals surface area contributed by atoms with Crippen LogP contribution in [-0.4, -0.2) is 32.1 Å². The van der Waals surface area contributed by atoms with Crippen LogP contribution in [0.15, 0.2) is 30.5 Å². The number of rotatable bonds is 5. The monoisotopic (exact) mass is 225 g/mol. The van der Waals surface area contributed by atoms with E-state index in [-0.39, 0.29) is 0 Å². The molecule has 0 amide bonds. The Morgan fingerprint density at radius 2 is 2.07 bits per heavy atom. The second kappa shape index (κ2) is 6.49. The third-order valence-electron chi connectivity index (χ3n) is 1.91. The Labute approximate surface area is 96.1 Å². The van der Waals surface area contributed by atoms with Gasteiger partial charge < -0.3 is 9.64 Å². The second-order valence-electron chi connectivity index (χ2n) is 3.50. The molecule has 0 spiro atoms. The lowest BCUT2D eigenvalue weighted by atomic mass is 10.2. The lowest BCUT2D eigenvalue weighted by molar-refractivity contribution is 0.214. The number of nitrogens with zero attached hydrogens (tertiary/aromatic N) is 1. The molecule has 0 saturated heterocycles. The van der Waals surface area contributed by atoms with E-state index in [2.05, 4.69) is 4.90 Å². The lowest BCUT2D eigenvalue weighted by Gasteiger charge is -2.07. The minimum Gasteiger partial charge on any atom is -0.500 e. The lowest BCUT2D eigenvalue weighted by Crippen LogP contribution is -2.16. The van der Waals surface area contributed by atoms with Gasteiger partial charge in [-0.05, 0) is 31.8 Å². The van der Waals surface area contributed by atoms with Crippen LogP contribution >= 0.6 is 11.6 Å². The summed E-state index contributed by atoms with van der Waals surface area (Å²) in [6, 6.07) is 7.67. The molecule has 0 saturated carbocycles. The van der Waals surface area contributed by atoms with Gasteiger partial charge in [-0.15, -0.1) is 0 Å². The van der Waals surface area contributed by atoms with Crippen molar-refractivity contribution >= 4 is 17.7 Å². The topological polar surface area (TPSA) is 12.5 Å². The highest BCUT2D eigenvalue weighted by molar-refractivity contribution is 6.32. The first-order valence-electron chi connectivity index (χ1n) is 4.87. The van der Waals surface area contributed by atoms with E-state index in [1.165, 1.54) is 0 Å². The van der Waals surface area contributed by atoms with Gasteiger partial charge in [0.1, 0.15) is 0 Å².